The van der Waals surface area contributed by atoms with Gasteiger partial charge in [0, 0.05) is 18.1 Å². The molecule has 1 unspecified atom stereocenters. The first-order valence-electron chi connectivity index (χ1n) is 6.79. The number of carbonyl (C=O) groups is 1. The van der Waals surface area contributed by atoms with E-state index in [0.717, 1.165) is 18.2 Å². The molecule has 7 heteroatoms. The lowest BCUT2D eigenvalue weighted by Gasteiger charge is -2.17. The van der Waals surface area contributed by atoms with Gasteiger partial charge in [0.2, 0.25) is 0 Å². The number of aliphatic hydroxyl groups is 3. The predicted octanol–water partition coefficient (Wildman–Crippen LogP) is 2.19. The number of aromatic hydroxyl groups is 2. The maximum atomic E-state index is 12.3. The summed E-state index contributed by atoms with van der Waals surface area (Å²) in [6, 6.07) is 2.08. The van der Waals surface area contributed by atoms with Crippen molar-refractivity contribution < 1.29 is 35.1 Å². The van der Waals surface area contributed by atoms with Crippen LogP contribution in [0, 0.1) is 5.92 Å². The molecule has 0 saturated heterocycles. The molecule has 1 aromatic rings. The third kappa shape index (κ3) is 4.17. The molecule has 23 heavy (non-hydrogen) atoms. The van der Waals surface area contributed by atoms with E-state index in [1.54, 1.807) is 0 Å². The van der Waals surface area contributed by atoms with E-state index in [-0.39, 0.29) is 23.5 Å². The van der Waals surface area contributed by atoms with Crippen LogP contribution in [-0.2, 0) is 0 Å². The average molecular weight is 324 g/mol. The van der Waals surface area contributed by atoms with Crippen molar-refractivity contribution in [1.29, 1.82) is 0 Å². The molecule has 0 saturated carbocycles. The second-order valence-corrected chi connectivity index (χ2v) is 5.03. The van der Waals surface area contributed by atoms with Gasteiger partial charge < -0.3 is 30.3 Å². The Morgan fingerprint density at radius 2 is 1.96 bits per heavy atom. The molecule has 0 amide bonds. The number of ether oxygens (including phenoxy) is 1. The number of phenols is 2. The Labute approximate surface area is 133 Å². The molecule has 0 fully saturated rings. The first kappa shape index (κ1) is 18.4. The Balaban J connectivity index is 3.05. The van der Waals surface area contributed by atoms with E-state index in [0.29, 0.717) is 0 Å². The zero-order valence-electron chi connectivity index (χ0n) is 12.9. The Morgan fingerprint density at radius 1 is 1.35 bits per heavy atom. The van der Waals surface area contributed by atoms with Gasteiger partial charge in [-0.05, 0) is 12.5 Å². The fourth-order valence-corrected chi connectivity index (χ4v) is 2.07. The number of methoxy groups -OCH3 is 1. The largest absolute Gasteiger partial charge is 0.508 e. The Hall–Kier alpha value is -2.67. The quantitative estimate of drug-likeness (QED) is 0.295. The van der Waals surface area contributed by atoms with Gasteiger partial charge in [0.05, 0.1) is 7.11 Å². The number of allylic oxidation sites excluding steroid dienone is 2. The monoisotopic (exact) mass is 324 g/mol. The molecule has 1 aromatic carbocycles. The summed E-state index contributed by atoms with van der Waals surface area (Å²) < 4.78 is 4.92. The van der Waals surface area contributed by atoms with E-state index >= 15 is 0 Å². The van der Waals surface area contributed by atoms with E-state index in [9.17, 15) is 30.3 Å². The molecule has 0 aromatic heterocycles. The van der Waals surface area contributed by atoms with Crippen molar-refractivity contribution >= 4 is 5.78 Å². The molecule has 0 aliphatic carbocycles. The Morgan fingerprint density at radius 3 is 2.48 bits per heavy atom. The first-order valence-corrected chi connectivity index (χ1v) is 6.79. The summed E-state index contributed by atoms with van der Waals surface area (Å²) in [5.74, 6) is -3.33. The number of hydrogen-bond donors (Lipinski definition) is 5. The molecule has 0 aliphatic heterocycles. The highest BCUT2D eigenvalue weighted by atomic mass is 16.5. The van der Waals surface area contributed by atoms with E-state index in [4.69, 9.17) is 4.74 Å². The summed E-state index contributed by atoms with van der Waals surface area (Å²) in [7, 11) is 1.25. The van der Waals surface area contributed by atoms with Gasteiger partial charge in [-0.2, -0.15) is 0 Å². The van der Waals surface area contributed by atoms with E-state index < -0.39 is 35.1 Å². The fraction of sp³-hybridized carbons (Fsp3) is 0.312. The van der Waals surface area contributed by atoms with Crippen LogP contribution in [0.2, 0.25) is 0 Å². The number of carbonyl (C=O) groups excluding carboxylic acids is 1. The number of ketones is 1. The highest BCUT2D eigenvalue weighted by molar-refractivity contribution is 6.04. The minimum Gasteiger partial charge on any atom is -0.508 e. The summed E-state index contributed by atoms with van der Waals surface area (Å²) >= 11 is 0. The third-order valence-corrected chi connectivity index (χ3v) is 3.33. The summed E-state index contributed by atoms with van der Waals surface area (Å²) in [6.45, 7) is 4.80. The molecular weight excluding hydrogens is 304 g/mol. The van der Waals surface area contributed by atoms with Crippen molar-refractivity contribution in [3.8, 4) is 17.2 Å². The third-order valence-electron chi connectivity index (χ3n) is 3.33. The summed E-state index contributed by atoms with van der Waals surface area (Å²) in [5, 5.41) is 48.3. The van der Waals surface area contributed by atoms with Gasteiger partial charge in [0.15, 0.2) is 11.5 Å². The molecule has 0 bridgehead atoms. The van der Waals surface area contributed by atoms with Gasteiger partial charge in [-0.15, -0.1) is 0 Å². The molecule has 1 rings (SSSR count). The summed E-state index contributed by atoms with van der Waals surface area (Å²) in [6.07, 6.45) is -0.727. The number of hydrogen-bond acceptors (Lipinski definition) is 7. The predicted molar refractivity (Wildman–Crippen MR) is 82.9 cm³/mol. The molecule has 126 valence electrons. The van der Waals surface area contributed by atoms with E-state index in [2.05, 4.69) is 6.58 Å². The number of benzene rings is 1. The van der Waals surface area contributed by atoms with Crippen LogP contribution >= 0.6 is 0 Å². The van der Waals surface area contributed by atoms with Crippen LogP contribution in [-0.4, -0.2) is 44.5 Å². The smallest absolute Gasteiger partial charge is 0.198 e. The molecular formula is C16H20O7. The van der Waals surface area contributed by atoms with Crippen LogP contribution < -0.4 is 4.74 Å². The highest BCUT2D eigenvalue weighted by Crippen LogP contribution is 2.34. The van der Waals surface area contributed by atoms with Crippen LogP contribution in [0.1, 0.15) is 23.7 Å². The molecule has 0 heterocycles. The molecule has 5 N–H and O–H groups in total. The number of Topliss-reactive ketones (excluding diaryl/α,β-unsaturated/α-hetero) is 1. The number of phenolic OH excluding ortho intramolecular Hbond substituents is 2. The maximum absolute atomic E-state index is 12.3. The zero-order chi connectivity index (χ0) is 17.7. The highest BCUT2D eigenvalue weighted by Gasteiger charge is 2.28. The summed E-state index contributed by atoms with van der Waals surface area (Å²) in [5.41, 5.74) is -0.276. The minimum absolute atomic E-state index is 0.0899. The van der Waals surface area contributed by atoms with Gasteiger partial charge in [0.1, 0.15) is 34.7 Å². The van der Waals surface area contributed by atoms with Crippen molar-refractivity contribution in [2.45, 2.75) is 19.4 Å². The number of aliphatic hydroxyl groups excluding tert-OH is 3. The minimum atomic E-state index is -1.56. The average Bonchev–Trinajstić information content (AvgIpc) is 2.51. The Kier molecular flexibility index (Phi) is 6.03. The second kappa shape index (κ2) is 7.55. The van der Waals surface area contributed by atoms with Crippen molar-refractivity contribution in [3.05, 3.63) is 41.9 Å². The van der Waals surface area contributed by atoms with Gasteiger partial charge >= 0.3 is 0 Å². The molecule has 0 radical (unpaired) electrons. The Bertz CT molecular complexity index is 634. The molecule has 7 nitrogen and oxygen atoms in total. The topological polar surface area (TPSA) is 127 Å². The van der Waals surface area contributed by atoms with Crippen LogP contribution in [0.3, 0.4) is 0 Å². The van der Waals surface area contributed by atoms with Crippen LogP contribution in [0.4, 0.5) is 0 Å². The van der Waals surface area contributed by atoms with Crippen molar-refractivity contribution in [2.24, 2.45) is 5.92 Å². The van der Waals surface area contributed by atoms with Crippen molar-refractivity contribution in [2.75, 3.05) is 7.11 Å². The van der Waals surface area contributed by atoms with Crippen LogP contribution in [0.15, 0.2) is 36.3 Å². The van der Waals surface area contributed by atoms with Crippen molar-refractivity contribution in [3.63, 3.8) is 0 Å². The zero-order valence-corrected chi connectivity index (χ0v) is 12.9. The maximum Gasteiger partial charge on any atom is 0.198 e. The van der Waals surface area contributed by atoms with Crippen LogP contribution in [0.25, 0.3) is 0 Å². The normalized spacial score (nSPS) is 14.6. The SMILES string of the molecule is C=C/C(O)=C(/O)[C@@H](C)CC(O)C(=O)c1c(O)cc(O)cc1OC. The van der Waals surface area contributed by atoms with Gasteiger partial charge in [-0.1, -0.05) is 13.5 Å². The first-order chi connectivity index (χ1) is 10.7. The van der Waals surface area contributed by atoms with Gasteiger partial charge in [0.25, 0.3) is 0 Å². The lowest BCUT2D eigenvalue weighted by Crippen LogP contribution is -2.24. The fourth-order valence-electron chi connectivity index (χ4n) is 2.07. The number of rotatable bonds is 7. The standard InChI is InChI=1S/C16H20O7/c1-4-10(18)15(21)8(2)5-12(20)16(22)14-11(19)6-9(17)7-13(14)23-3/h4,6-8,12,17-21H,1,5H2,2-3H3/b15-10-/t8-,12?/m0/s1. The lowest BCUT2D eigenvalue weighted by molar-refractivity contribution is 0.0686. The van der Waals surface area contributed by atoms with Gasteiger partial charge in [-0.25, -0.2) is 0 Å². The molecule has 0 spiro atoms. The lowest BCUT2D eigenvalue weighted by atomic mass is 9.94. The summed E-state index contributed by atoms with van der Waals surface area (Å²) in [4.78, 5) is 12.3. The van der Waals surface area contributed by atoms with Gasteiger partial charge in [-0.3, -0.25) is 4.79 Å². The molecule has 0 aliphatic rings. The van der Waals surface area contributed by atoms with E-state index in [1.807, 2.05) is 0 Å². The van der Waals surface area contributed by atoms with Crippen LogP contribution in [0.5, 0.6) is 17.2 Å². The van der Waals surface area contributed by atoms with E-state index in [1.165, 1.54) is 14.0 Å². The second-order valence-electron chi connectivity index (χ2n) is 5.03. The molecule has 2 atom stereocenters. The van der Waals surface area contributed by atoms with Crippen molar-refractivity contribution in [1.82, 2.24) is 0 Å².